The average molecular weight is 307 g/mol. The molecule has 118 valence electrons. The van der Waals surface area contributed by atoms with Crippen LogP contribution in [0.3, 0.4) is 0 Å². The van der Waals surface area contributed by atoms with Gasteiger partial charge >= 0.3 is 6.09 Å². The van der Waals surface area contributed by atoms with Gasteiger partial charge in [0.25, 0.3) is 5.91 Å². The van der Waals surface area contributed by atoms with Crippen LogP contribution in [0.4, 0.5) is 4.79 Å². The van der Waals surface area contributed by atoms with Crippen LogP contribution in [-0.2, 0) is 14.3 Å². The second-order valence-corrected chi connectivity index (χ2v) is 5.88. The van der Waals surface area contributed by atoms with Gasteiger partial charge in [0, 0.05) is 18.4 Å². The summed E-state index contributed by atoms with van der Waals surface area (Å²) in [4.78, 5) is 27.9. The molecule has 3 aliphatic heterocycles. The van der Waals surface area contributed by atoms with E-state index in [0.29, 0.717) is 18.4 Å². The highest BCUT2D eigenvalue weighted by Gasteiger charge is 2.48. The number of nitrogens with two attached hydrogens (primary N) is 1. The number of rotatable bonds is 2. The lowest BCUT2D eigenvalue weighted by Crippen LogP contribution is -2.64. The third-order valence-corrected chi connectivity index (χ3v) is 4.45. The third kappa shape index (κ3) is 2.00. The maximum atomic E-state index is 12.2. The van der Waals surface area contributed by atoms with Gasteiger partial charge in [-0.1, -0.05) is 0 Å². The largest absolute Gasteiger partial charge is 0.468 e. The molecular weight excluding hydrogens is 290 g/mol. The zero-order chi connectivity index (χ0) is 15.3. The summed E-state index contributed by atoms with van der Waals surface area (Å²) in [5, 5.41) is 5.95. The molecule has 0 aromatic rings. The Kier molecular flexibility index (Phi) is 2.96. The van der Waals surface area contributed by atoms with E-state index in [-0.39, 0.29) is 24.6 Å². The number of morpholine rings is 1. The number of nitrogens with one attached hydrogen (secondary N) is 1. The van der Waals surface area contributed by atoms with E-state index in [0.717, 1.165) is 12.8 Å². The summed E-state index contributed by atoms with van der Waals surface area (Å²) in [5.41, 5.74) is 5.85. The first kappa shape index (κ1) is 13.4. The van der Waals surface area contributed by atoms with Crippen LogP contribution < -0.4 is 11.1 Å². The van der Waals surface area contributed by atoms with Gasteiger partial charge in [-0.15, -0.1) is 0 Å². The molecule has 2 unspecified atom stereocenters. The minimum Gasteiger partial charge on any atom is -0.468 e. The Balaban J connectivity index is 1.58. The van der Waals surface area contributed by atoms with Gasteiger partial charge in [0.05, 0.1) is 6.04 Å². The molecule has 2 saturated heterocycles. The molecule has 2 atom stereocenters. The SMILES string of the molecule is N[C@H]1C[C@H](C2COC(=O)N2N2C=CN=C3OCC(=O)NC32)C1. The van der Waals surface area contributed by atoms with Gasteiger partial charge in [0.2, 0.25) is 5.90 Å². The van der Waals surface area contributed by atoms with Crippen molar-refractivity contribution in [2.45, 2.75) is 31.1 Å². The van der Waals surface area contributed by atoms with Crippen LogP contribution in [0.2, 0.25) is 0 Å². The number of ether oxygens (including phenoxy) is 2. The molecule has 22 heavy (non-hydrogen) atoms. The number of aliphatic imine (C=N–C) groups is 1. The van der Waals surface area contributed by atoms with Crippen LogP contribution in [0.5, 0.6) is 0 Å². The van der Waals surface area contributed by atoms with E-state index in [9.17, 15) is 9.59 Å². The lowest BCUT2D eigenvalue weighted by atomic mass is 9.76. The van der Waals surface area contributed by atoms with Crippen molar-refractivity contribution < 1.29 is 19.1 Å². The Morgan fingerprint density at radius 2 is 2.14 bits per heavy atom. The number of hydrogen-bond donors (Lipinski definition) is 2. The molecule has 9 nitrogen and oxygen atoms in total. The monoisotopic (exact) mass is 307 g/mol. The van der Waals surface area contributed by atoms with E-state index in [1.54, 1.807) is 22.4 Å². The molecule has 1 aliphatic carbocycles. The summed E-state index contributed by atoms with van der Waals surface area (Å²) in [5.74, 6) is 0.419. The summed E-state index contributed by atoms with van der Waals surface area (Å²) in [6.45, 7) is 0.261. The molecule has 0 aromatic heterocycles. The van der Waals surface area contributed by atoms with Gasteiger partial charge in [-0.3, -0.25) is 9.80 Å². The number of cyclic esters (lactones) is 1. The molecule has 4 aliphatic rings. The molecule has 0 spiro atoms. The first-order valence-electron chi connectivity index (χ1n) is 7.30. The number of carbonyl (C=O) groups excluding carboxylic acids is 2. The third-order valence-electron chi connectivity index (χ3n) is 4.45. The Hall–Kier alpha value is -2.29. The van der Waals surface area contributed by atoms with E-state index < -0.39 is 12.3 Å². The average Bonchev–Trinajstić information content (AvgIpc) is 2.84. The predicted octanol–water partition coefficient (Wildman–Crippen LogP) is -0.883. The lowest BCUT2D eigenvalue weighted by Gasteiger charge is -2.45. The van der Waals surface area contributed by atoms with Gasteiger partial charge in [-0.25, -0.2) is 14.8 Å². The van der Waals surface area contributed by atoms with E-state index in [1.807, 2.05) is 0 Å². The highest BCUT2D eigenvalue weighted by Crippen LogP contribution is 2.36. The standard InChI is InChI=1S/C13H17N5O4/c14-8-3-7(4-8)9-5-22-13(20)18(9)17-2-1-15-12-11(17)16-10(19)6-21-12/h1-2,7-9,11H,3-6,14H2,(H,16,19)/t7-,8-,9?,11?. The van der Waals surface area contributed by atoms with E-state index in [4.69, 9.17) is 15.2 Å². The summed E-state index contributed by atoms with van der Waals surface area (Å²) < 4.78 is 10.5. The van der Waals surface area contributed by atoms with Crippen LogP contribution in [0.1, 0.15) is 12.8 Å². The maximum Gasteiger partial charge on any atom is 0.429 e. The number of nitrogens with zero attached hydrogens (tertiary/aromatic N) is 3. The first-order valence-corrected chi connectivity index (χ1v) is 7.30. The second-order valence-electron chi connectivity index (χ2n) is 5.88. The molecule has 1 saturated carbocycles. The highest BCUT2D eigenvalue weighted by molar-refractivity contribution is 5.93. The molecule has 0 aromatic carbocycles. The second kappa shape index (κ2) is 4.87. The normalized spacial score (nSPS) is 36.9. The molecule has 2 amide bonds. The number of fused-ring (bicyclic) bond motifs is 1. The molecule has 9 heteroatoms. The molecule has 3 fully saturated rings. The van der Waals surface area contributed by atoms with Crippen molar-refractivity contribution in [1.82, 2.24) is 15.3 Å². The van der Waals surface area contributed by atoms with Gasteiger partial charge in [0.15, 0.2) is 12.8 Å². The Labute approximate surface area is 126 Å². The topological polar surface area (TPSA) is 109 Å². The van der Waals surface area contributed by atoms with Gasteiger partial charge in [-0.2, -0.15) is 0 Å². The van der Waals surface area contributed by atoms with Gasteiger partial charge in [-0.05, 0) is 18.8 Å². The van der Waals surface area contributed by atoms with E-state index >= 15 is 0 Å². The molecule has 0 radical (unpaired) electrons. The zero-order valence-electron chi connectivity index (χ0n) is 11.8. The van der Waals surface area contributed by atoms with Crippen molar-refractivity contribution in [1.29, 1.82) is 0 Å². The number of hydrogen-bond acceptors (Lipinski definition) is 7. The van der Waals surface area contributed by atoms with Crippen LogP contribution >= 0.6 is 0 Å². The fourth-order valence-corrected chi connectivity index (χ4v) is 3.27. The van der Waals surface area contributed by atoms with E-state index in [1.165, 1.54) is 0 Å². The first-order chi connectivity index (χ1) is 10.6. The van der Waals surface area contributed by atoms with Crippen molar-refractivity contribution in [3.63, 3.8) is 0 Å². The van der Waals surface area contributed by atoms with Crippen molar-refractivity contribution in [3.8, 4) is 0 Å². The molecule has 3 N–H and O–H groups in total. The Morgan fingerprint density at radius 3 is 2.91 bits per heavy atom. The smallest absolute Gasteiger partial charge is 0.429 e. The fraction of sp³-hybridized carbons (Fsp3) is 0.615. The van der Waals surface area contributed by atoms with Crippen LogP contribution in [0.15, 0.2) is 17.4 Å². The van der Waals surface area contributed by atoms with Crippen LogP contribution in [-0.4, -0.2) is 59.4 Å². The zero-order valence-corrected chi connectivity index (χ0v) is 11.8. The van der Waals surface area contributed by atoms with Gasteiger partial charge in [0.1, 0.15) is 6.61 Å². The van der Waals surface area contributed by atoms with Crippen LogP contribution in [0.25, 0.3) is 0 Å². The quantitative estimate of drug-likeness (QED) is 0.685. The minimum atomic E-state index is -0.617. The predicted molar refractivity (Wildman–Crippen MR) is 74.0 cm³/mol. The van der Waals surface area contributed by atoms with E-state index in [2.05, 4.69) is 10.3 Å². The maximum absolute atomic E-state index is 12.2. The van der Waals surface area contributed by atoms with Crippen molar-refractivity contribution in [2.24, 2.45) is 16.6 Å². The van der Waals surface area contributed by atoms with Crippen LogP contribution in [0, 0.1) is 5.92 Å². The summed E-state index contributed by atoms with van der Waals surface area (Å²) in [6, 6.07) is 0.101. The Bertz CT molecular complexity index is 571. The number of hydrazine groups is 1. The molecular formula is C13H17N5O4. The van der Waals surface area contributed by atoms with Crippen molar-refractivity contribution >= 4 is 17.9 Å². The number of amides is 2. The summed E-state index contributed by atoms with van der Waals surface area (Å²) in [6.07, 6.45) is 3.86. The molecule has 4 rings (SSSR count). The van der Waals surface area contributed by atoms with Gasteiger partial charge < -0.3 is 20.5 Å². The highest BCUT2D eigenvalue weighted by atomic mass is 16.6. The number of carbonyl (C=O) groups is 2. The molecule has 0 bridgehead atoms. The Morgan fingerprint density at radius 1 is 1.32 bits per heavy atom. The van der Waals surface area contributed by atoms with Crippen molar-refractivity contribution in [2.75, 3.05) is 13.2 Å². The lowest BCUT2D eigenvalue weighted by molar-refractivity contribution is -0.129. The summed E-state index contributed by atoms with van der Waals surface area (Å²) >= 11 is 0. The molecule has 3 heterocycles. The fourth-order valence-electron chi connectivity index (χ4n) is 3.27. The summed E-state index contributed by atoms with van der Waals surface area (Å²) in [7, 11) is 0. The minimum absolute atomic E-state index is 0.0671. The van der Waals surface area contributed by atoms with Crippen molar-refractivity contribution in [3.05, 3.63) is 12.4 Å².